The number of aryl methyl sites for hydroxylation is 1. The van der Waals surface area contributed by atoms with Gasteiger partial charge in [0.25, 0.3) is 0 Å². The Bertz CT molecular complexity index is 1150. The Labute approximate surface area is 177 Å². The number of benzene rings is 1. The number of hydrogen-bond acceptors (Lipinski definition) is 6. The lowest BCUT2D eigenvalue weighted by atomic mass is 10.2. The average molecular weight is 417 g/mol. The van der Waals surface area contributed by atoms with E-state index in [4.69, 9.17) is 4.74 Å². The predicted molar refractivity (Wildman–Crippen MR) is 117 cm³/mol. The minimum absolute atomic E-state index is 0.256. The van der Waals surface area contributed by atoms with Crippen LogP contribution in [0.5, 0.6) is 5.75 Å². The summed E-state index contributed by atoms with van der Waals surface area (Å²) in [5, 5.41) is 9.91. The first-order chi connectivity index (χ1) is 14.7. The number of para-hydroxylation sites is 1. The van der Waals surface area contributed by atoms with E-state index < -0.39 is 0 Å². The van der Waals surface area contributed by atoms with Crippen LogP contribution >= 0.6 is 11.3 Å². The minimum Gasteiger partial charge on any atom is -0.487 e. The van der Waals surface area contributed by atoms with Gasteiger partial charge in [0.1, 0.15) is 12.4 Å². The van der Waals surface area contributed by atoms with Gasteiger partial charge in [0, 0.05) is 29.4 Å². The molecule has 0 saturated carbocycles. The highest BCUT2D eigenvalue weighted by Crippen LogP contribution is 2.21. The van der Waals surface area contributed by atoms with Crippen LogP contribution in [0.2, 0.25) is 0 Å². The fourth-order valence-electron chi connectivity index (χ4n) is 2.73. The van der Waals surface area contributed by atoms with Crippen LogP contribution in [0.1, 0.15) is 16.3 Å². The van der Waals surface area contributed by atoms with Gasteiger partial charge >= 0.3 is 0 Å². The van der Waals surface area contributed by atoms with E-state index in [0.29, 0.717) is 23.9 Å². The molecule has 0 aliphatic rings. The van der Waals surface area contributed by atoms with Gasteiger partial charge in [0.05, 0.1) is 22.6 Å². The number of carbonyl (C=O) groups is 1. The van der Waals surface area contributed by atoms with Gasteiger partial charge in [-0.25, -0.2) is 14.6 Å². The number of nitrogens with zero attached hydrogens (tertiary/aromatic N) is 4. The van der Waals surface area contributed by atoms with Crippen molar-refractivity contribution in [3.05, 3.63) is 88.8 Å². The van der Waals surface area contributed by atoms with Crippen molar-refractivity contribution in [2.75, 3.05) is 5.32 Å². The predicted octanol–water partition coefficient (Wildman–Crippen LogP) is 4.26. The monoisotopic (exact) mass is 417 g/mol. The van der Waals surface area contributed by atoms with Gasteiger partial charge in [0.15, 0.2) is 5.82 Å². The fraction of sp³-hybridized carbons (Fsp3) is 0.0909. The third kappa shape index (κ3) is 4.98. The zero-order valence-corrected chi connectivity index (χ0v) is 17.0. The molecule has 0 fully saturated rings. The first-order valence-electron chi connectivity index (χ1n) is 9.25. The highest BCUT2D eigenvalue weighted by atomic mass is 32.1. The Balaban J connectivity index is 1.38. The Morgan fingerprint density at radius 3 is 2.87 bits per heavy atom. The van der Waals surface area contributed by atoms with Crippen LogP contribution in [0.25, 0.3) is 11.9 Å². The molecule has 1 aromatic carbocycles. The second-order valence-corrected chi connectivity index (χ2v) is 7.42. The number of anilines is 1. The van der Waals surface area contributed by atoms with Crippen molar-refractivity contribution in [3.63, 3.8) is 0 Å². The molecule has 3 aromatic heterocycles. The lowest BCUT2D eigenvalue weighted by Crippen LogP contribution is -2.08. The number of pyridine rings is 1. The molecule has 8 heteroatoms. The topological polar surface area (TPSA) is 81.9 Å². The number of ether oxygens (including phenoxy) is 1. The van der Waals surface area contributed by atoms with Crippen molar-refractivity contribution in [2.45, 2.75) is 13.5 Å². The summed E-state index contributed by atoms with van der Waals surface area (Å²) in [5.41, 5.74) is 2.30. The molecular formula is C22H19N5O2S. The molecule has 1 amide bonds. The summed E-state index contributed by atoms with van der Waals surface area (Å²) in [6, 6.07) is 12.9. The van der Waals surface area contributed by atoms with E-state index in [1.165, 1.54) is 6.08 Å². The summed E-state index contributed by atoms with van der Waals surface area (Å²) in [6.07, 6.45) is 8.27. The smallest absolute Gasteiger partial charge is 0.248 e. The lowest BCUT2D eigenvalue weighted by Gasteiger charge is -2.08. The van der Waals surface area contributed by atoms with E-state index in [1.807, 2.05) is 42.6 Å². The van der Waals surface area contributed by atoms with Crippen LogP contribution in [0.3, 0.4) is 0 Å². The third-order valence-corrected chi connectivity index (χ3v) is 4.95. The van der Waals surface area contributed by atoms with E-state index in [9.17, 15) is 4.79 Å². The average Bonchev–Trinajstić information content (AvgIpc) is 3.44. The highest BCUT2D eigenvalue weighted by Gasteiger charge is 2.05. The van der Waals surface area contributed by atoms with Crippen molar-refractivity contribution in [3.8, 4) is 11.6 Å². The maximum absolute atomic E-state index is 12.3. The number of nitrogens with one attached hydrogen (secondary N) is 1. The summed E-state index contributed by atoms with van der Waals surface area (Å²) in [4.78, 5) is 21.0. The number of rotatable bonds is 7. The van der Waals surface area contributed by atoms with Gasteiger partial charge in [-0.3, -0.25) is 4.79 Å². The zero-order valence-electron chi connectivity index (χ0n) is 16.2. The Kier molecular flexibility index (Phi) is 5.95. The molecule has 1 N–H and O–H groups in total. The van der Waals surface area contributed by atoms with E-state index in [0.717, 1.165) is 16.3 Å². The standard InChI is InChI=1S/C22H19N5O2S/c1-16-25-19(15-30-16)14-29-20-6-3-2-5-17(20)7-10-22(28)26-18-8-9-21(23-13-18)27-12-4-11-24-27/h2-13,15H,14H2,1H3,(H,26,28)/b10-7+. The summed E-state index contributed by atoms with van der Waals surface area (Å²) in [6.45, 7) is 2.35. The molecule has 0 unspecified atom stereocenters. The van der Waals surface area contributed by atoms with E-state index in [-0.39, 0.29) is 5.91 Å². The molecule has 0 atom stereocenters. The molecule has 0 bridgehead atoms. The van der Waals surface area contributed by atoms with Crippen molar-refractivity contribution in [2.24, 2.45) is 0 Å². The highest BCUT2D eigenvalue weighted by molar-refractivity contribution is 7.09. The van der Waals surface area contributed by atoms with Gasteiger partial charge in [-0.2, -0.15) is 5.10 Å². The molecule has 4 rings (SSSR count). The summed E-state index contributed by atoms with van der Waals surface area (Å²) in [7, 11) is 0. The molecule has 0 radical (unpaired) electrons. The summed E-state index contributed by atoms with van der Waals surface area (Å²) >= 11 is 1.59. The lowest BCUT2D eigenvalue weighted by molar-refractivity contribution is -0.111. The molecule has 4 aromatic rings. The molecule has 30 heavy (non-hydrogen) atoms. The van der Waals surface area contributed by atoms with Crippen LogP contribution in [0.15, 0.2) is 72.5 Å². The van der Waals surface area contributed by atoms with Gasteiger partial charge in [-0.05, 0) is 37.3 Å². The van der Waals surface area contributed by atoms with Crippen LogP contribution in [0, 0.1) is 6.92 Å². The van der Waals surface area contributed by atoms with Crippen LogP contribution in [-0.2, 0) is 11.4 Å². The van der Waals surface area contributed by atoms with Gasteiger partial charge in [-0.1, -0.05) is 18.2 Å². The SMILES string of the molecule is Cc1nc(COc2ccccc2/C=C/C(=O)Nc2ccc(-n3cccn3)nc2)cs1. The normalized spacial score (nSPS) is 11.0. The van der Waals surface area contributed by atoms with Crippen molar-refractivity contribution in [1.82, 2.24) is 19.7 Å². The fourth-order valence-corrected chi connectivity index (χ4v) is 3.32. The quantitative estimate of drug-likeness (QED) is 0.454. The van der Waals surface area contributed by atoms with Crippen LogP contribution in [0.4, 0.5) is 5.69 Å². The van der Waals surface area contributed by atoms with Crippen molar-refractivity contribution < 1.29 is 9.53 Å². The third-order valence-electron chi connectivity index (χ3n) is 4.13. The van der Waals surface area contributed by atoms with Crippen molar-refractivity contribution in [1.29, 1.82) is 0 Å². The van der Waals surface area contributed by atoms with Gasteiger partial charge < -0.3 is 10.1 Å². The largest absolute Gasteiger partial charge is 0.487 e. The number of hydrogen-bond donors (Lipinski definition) is 1. The van der Waals surface area contributed by atoms with Gasteiger partial charge in [0.2, 0.25) is 5.91 Å². The number of thiazole rings is 1. The minimum atomic E-state index is -0.256. The zero-order chi connectivity index (χ0) is 20.8. The van der Waals surface area contributed by atoms with E-state index in [1.54, 1.807) is 52.8 Å². The Morgan fingerprint density at radius 2 is 2.13 bits per heavy atom. The molecule has 7 nitrogen and oxygen atoms in total. The molecule has 0 spiro atoms. The maximum atomic E-state index is 12.3. The molecule has 0 aliphatic heterocycles. The Hall–Kier alpha value is -3.78. The number of aromatic nitrogens is 4. The second-order valence-electron chi connectivity index (χ2n) is 6.36. The summed E-state index contributed by atoms with van der Waals surface area (Å²) in [5.74, 6) is 1.11. The van der Waals surface area contributed by atoms with E-state index >= 15 is 0 Å². The van der Waals surface area contributed by atoms with Crippen LogP contribution in [-0.4, -0.2) is 25.7 Å². The number of carbonyl (C=O) groups excluding carboxylic acids is 1. The van der Waals surface area contributed by atoms with E-state index in [2.05, 4.69) is 20.4 Å². The molecule has 0 aliphatic carbocycles. The first kappa shape index (κ1) is 19.5. The summed E-state index contributed by atoms with van der Waals surface area (Å²) < 4.78 is 7.53. The van der Waals surface area contributed by atoms with Gasteiger partial charge in [-0.15, -0.1) is 11.3 Å². The molecule has 0 saturated heterocycles. The number of amides is 1. The molecular weight excluding hydrogens is 398 g/mol. The molecule has 150 valence electrons. The Morgan fingerprint density at radius 1 is 1.23 bits per heavy atom. The maximum Gasteiger partial charge on any atom is 0.248 e. The second kappa shape index (κ2) is 9.15. The van der Waals surface area contributed by atoms with Crippen LogP contribution < -0.4 is 10.1 Å². The van der Waals surface area contributed by atoms with Crippen molar-refractivity contribution >= 4 is 29.0 Å². The first-order valence-corrected chi connectivity index (χ1v) is 10.1. The molecule has 3 heterocycles.